The molecule has 0 aromatic heterocycles. The molecule has 54 valence electrons. The number of nitrogens with two attached hydrogens (primary N) is 1. The molecule has 1 atom stereocenters. The maximum atomic E-state index is 10.2. The van der Waals surface area contributed by atoms with Crippen molar-refractivity contribution in [1.29, 1.82) is 0 Å². The van der Waals surface area contributed by atoms with Crippen LogP contribution in [0.5, 0.6) is 0 Å². The Morgan fingerprint density at radius 1 is 1.67 bits per heavy atom. The third-order valence-corrected chi connectivity index (χ3v) is 2.00. The molecule has 1 aliphatic carbocycles. The highest BCUT2D eigenvalue weighted by Gasteiger charge is 2.55. The lowest BCUT2D eigenvalue weighted by Crippen LogP contribution is -2.16. The Morgan fingerprint density at radius 3 is 2.00 bits per heavy atom. The van der Waals surface area contributed by atoms with Gasteiger partial charge in [0.15, 0.2) is 0 Å². The second kappa shape index (κ2) is 2.52. The summed E-state index contributed by atoms with van der Waals surface area (Å²) >= 11 is 10.9. The van der Waals surface area contributed by atoms with E-state index in [1.54, 1.807) is 0 Å². The molecule has 0 radical (unpaired) electrons. The van der Waals surface area contributed by atoms with E-state index < -0.39 is 10.2 Å². The number of carbonyl (C=O) groups excluding carboxylic acids is 1. The van der Waals surface area contributed by atoms with E-state index in [0.717, 1.165) is 0 Å². The maximum absolute atomic E-state index is 10.2. The summed E-state index contributed by atoms with van der Waals surface area (Å²) in [5.41, 5.74) is 4.87. The number of hydrogen-bond acceptors (Lipinski definition) is 1. The van der Waals surface area contributed by atoms with Crippen molar-refractivity contribution in [3.05, 3.63) is 0 Å². The van der Waals surface area contributed by atoms with Crippen LogP contribution in [0.15, 0.2) is 0 Å². The zero-order chi connectivity index (χ0) is 6.36. The molecule has 1 amide bonds. The van der Waals surface area contributed by atoms with E-state index in [9.17, 15) is 4.79 Å². The molecule has 5 heteroatoms. The fourth-order valence-corrected chi connectivity index (χ4v) is 1.05. The highest BCUT2D eigenvalue weighted by molar-refractivity contribution is 6.52. The number of carbonyl (C=O) groups is 1. The van der Waals surface area contributed by atoms with Crippen LogP contribution in [0.4, 0.5) is 0 Å². The molecule has 1 rings (SSSR count). The molecule has 0 unspecified atom stereocenters. The second-order valence-corrected chi connectivity index (χ2v) is 3.46. The molecule has 1 saturated carbocycles. The lowest BCUT2D eigenvalue weighted by molar-refractivity contribution is -0.119. The molecule has 9 heavy (non-hydrogen) atoms. The Labute approximate surface area is 69.1 Å². The van der Waals surface area contributed by atoms with E-state index >= 15 is 0 Å². The number of amides is 1. The Balaban J connectivity index is 0.000000640. The summed E-state index contributed by atoms with van der Waals surface area (Å²) in [6.07, 6.45) is 0.505. The first kappa shape index (κ1) is 9.34. The molecule has 0 spiro atoms. The Morgan fingerprint density at radius 2 is 2.00 bits per heavy atom. The summed E-state index contributed by atoms with van der Waals surface area (Å²) in [4.78, 5) is 10.2. The topological polar surface area (TPSA) is 43.1 Å². The van der Waals surface area contributed by atoms with Crippen molar-refractivity contribution in [2.75, 3.05) is 0 Å². The zero-order valence-corrected chi connectivity index (χ0v) is 6.76. The third-order valence-electron chi connectivity index (χ3n) is 1.17. The number of primary amides is 1. The van der Waals surface area contributed by atoms with Gasteiger partial charge in [-0.3, -0.25) is 4.79 Å². The highest BCUT2D eigenvalue weighted by Crippen LogP contribution is 2.52. The highest BCUT2D eigenvalue weighted by atomic mass is 35.5. The summed E-state index contributed by atoms with van der Waals surface area (Å²) in [7, 11) is 0. The first-order chi connectivity index (χ1) is 3.54. The smallest absolute Gasteiger partial charge is 0.223 e. The van der Waals surface area contributed by atoms with Crippen molar-refractivity contribution in [1.82, 2.24) is 0 Å². The van der Waals surface area contributed by atoms with Crippen molar-refractivity contribution < 1.29 is 4.79 Å². The first-order valence-corrected chi connectivity index (χ1v) is 2.97. The minimum absolute atomic E-state index is 0. The average Bonchev–Trinajstić information content (AvgIpc) is 2.13. The lowest BCUT2D eigenvalue weighted by atomic mass is 10.4. The minimum Gasteiger partial charge on any atom is -0.369 e. The number of alkyl halides is 2. The van der Waals surface area contributed by atoms with E-state index in [0.29, 0.717) is 6.42 Å². The third kappa shape index (κ3) is 1.88. The molecule has 0 heterocycles. The van der Waals surface area contributed by atoms with Gasteiger partial charge in [-0.15, -0.1) is 35.6 Å². The van der Waals surface area contributed by atoms with Crippen molar-refractivity contribution in [3.63, 3.8) is 0 Å². The molecule has 0 aliphatic heterocycles. The van der Waals surface area contributed by atoms with Crippen molar-refractivity contribution in [3.8, 4) is 0 Å². The Bertz CT molecular complexity index is 136. The number of rotatable bonds is 1. The standard InChI is InChI=1S/C4H5Cl2NO.ClH/c5-4(6)1-2(4)3(7)8;/h2H,1H2,(H2,7,8);1H/t2-;/m1./s1. The average molecular weight is 190 g/mol. The van der Waals surface area contributed by atoms with Crippen LogP contribution < -0.4 is 5.73 Å². The van der Waals surface area contributed by atoms with Gasteiger partial charge >= 0.3 is 0 Å². The van der Waals surface area contributed by atoms with Crippen LogP contribution in [0.2, 0.25) is 0 Å². The van der Waals surface area contributed by atoms with Gasteiger partial charge < -0.3 is 5.73 Å². The van der Waals surface area contributed by atoms with Gasteiger partial charge in [-0.1, -0.05) is 0 Å². The molecule has 0 saturated heterocycles. The quantitative estimate of drug-likeness (QED) is 0.618. The largest absolute Gasteiger partial charge is 0.369 e. The lowest BCUT2D eigenvalue weighted by Gasteiger charge is -1.90. The van der Waals surface area contributed by atoms with Gasteiger partial charge in [0.05, 0.1) is 5.92 Å². The fraction of sp³-hybridized carbons (Fsp3) is 0.750. The van der Waals surface area contributed by atoms with Crippen LogP contribution in [0.25, 0.3) is 0 Å². The summed E-state index contributed by atoms with van der Waals surface area (Å²) in [5.74, 6) is -0.721. The summed E-state index contributed by atoms with van der Waals surface area (Å²) in [5, 5.41) is 0. The molecular formula is C4H6Cl3NO. The second-order valence-electron chi connectivity index (χ2n) is 1.92. The van der Waals surface area contributed by atoms with Crippen LogP contribution in [-0.4, -0.2) is 10.2 Å². The molecule has 0 aromatic rings. The van der Waals surface area contributed by atoms with Crippen molar-refractivity contribution >= 4 is 41.5 Å². The van der Waals surface area contributed by atoms with Crippen molar-refractivity contribution in [2.45, 2.75) is 10.8 Å². The molecule has 0 bridgehead atoms. The predicted octanol–water partition coefficient (Wildman–Crippen LogP) is 1.09. The van der Waals surface area contributed by atoms with Gasteiger partial charge in [-0.05, 0) is 6.42 Å². The van der Waals surface area contributed by atoms with Gasteiger partial charge in [-0.2, -0.15) is 0 Å². The maximum Gasteiger partial charge on any atom is 0.223 e. The van der Waals surface area contributed by atoms with Gasteiger partial charge in [0.2, 0.25) is 5.91 Å². The van der Waals surface area contributed by atoms with E-state index in [4.69, 9.17) is 28.9 Å². The van der Waals surface area contributed by atoms with Gasteiger partial charge in [0.25, 0.3) is 0 Å². The Kier molecular flexibility index (Phi) is 2.62. The molecule has 0 aromatic carbocycles. The molecule has 1 aliphatic rings. The van der Waals surface area contributed by atoms with Crippen molar-refractivity contribution in [2.24, 2.45) is 11.7 Å². The van der Waals surface area contributed by atoms with E-state index in [-0.39, 0.29) is 18.3 Å². The SMILES string of the molecule is Cl.NC(=O)[C@H]1CC1(Cl)Cl. The van der Waals surface area contributed by atoms with Gasteiger partial charge in [0.1, 0.15) is 4.33 Å². The monoisotopic (exact) mass is 189 g/mol. The van der Waals surface area contributed by atoms with Crippen LogP contribution in [0.1, 0.15) is 6.42 Å². The molecule has 1 fully saturated rings. The van der Waals surface area contributed by atoms with Gasteiger partial charge in [0, 0.05) is 0 Å². The van der Waals surface area contributed by atoms with E-state index in [2.05, 4.69) is 0 Å². The van der Waals surface area contributed by atoms with Crippen LogP contribution in [-0.2, 0) is 4.79 Å². The fourth-order valence-electron chi connectivity index (χ4n) is 0.522. The Hall–Kier alpha value is 0.340. The van der Waals surface area contributed by atoms with Crippen LogP contribution in [0.3, 0.4) is 0 Å². The molecule has 2 nitrogen and oxygen atoms in total. The number of hydrogen-bond donors (Lipinski definition) is 1. The number of halogens is 3. The van der Waals surface area contributed by atoms with Gasteiger partial charge in [-0.25, -0.2) is 0 Å². The van der Waals surface area contributed by atoms with E-state index in [1.807, 2.05) is 0 Å². The van der Waals surface area contributed by atoms with E-state index in [1.165, 1.54) is 0 Å². The predicted molar refractivity (Wildman–Crippen MR) is 39.0 cm³/mol. The van der Waals surface area contributed by atoms with Crippen LogP contribution in [0, 0.1) is 5.92 Å². The summed E-state index contributed by atoms with van der Waals surface area (Å²) in [6.45, 7) is 0. The zero-order valence-electron chi connectivity index (χ0n) is 4.43. The summed E-state index contributed by atoms with van der Waals surface area (Å²) in [6, 6.07) is 0. The molecule has 2 N–H and O–H groups in total. The molecular weight excluding hydrogens is 184 g/mol. The minimum atomic E-state index is -0.841. The summed E-state index contributed by atoms with van der Waals surface area (Å²) < 4.78 is -0.841. The normalized spacial score (nSPS) is 28.4. The van der Waals surface area contributed by atoms with Crippen LogP contribution >= 0.6 is 35.6 Å². The first-order valence-electron chi connectivity index (χ1n) is 2.21.